The molecular weight excluding hydrogens is 440 g/mol. The molecule has 1 saturated heterocycles. The second-order valence-electron chi connectivity index (χ2n) is 8.13. The third kappa shape index (κ3) is 3.91. The third-order valence-corrected chi connectivity index (χ3v) is 5.82. The zero-order valence-electron chi connectivity index (χ0n) is 18.6. The van der Waals surface area contributed by atoms with Crippen LogP contribution in [0.2, 0.25) is 0 Å². The van der Waals surface area contributed by atoms with Crippen LogP contribution in [0.3, 0.4) is 0 Å². The maximum absolute atomic E-state index is 12.6. The molecule has 1 fully saturated rings. The standard InChI is InChI=1S/C21H22N10O3/c1-12-4-3-7-31(12)20-23-8-13(9-24-20)17-22-6-5-14(27-17)26-15(32)10-30-11-25-18-16(30)19(33)28-21(34)29(18)2/h5-6,8-9,11-12H,3-4,7,10H2,1-2H3,(H,28,33,34)(H,22,26,27,32). The number of nitrogens with one attached hydrogen (secondary N) is 2. The Bertz CT molecular complexity index is 1490. The van der Waals surface area contributed by atoms with Crippen molar-refractivity contribution in [3.05, 3.63) is 51.8 Å². The number of aryl methyl sites for hydroxylation is 1. The molecule has 0 saturated carbocycles. The molecule has 13 heteroatoms. The number of aromatic nitrogens is 8. The first-order chi connectivity index (χ1) is 16.4. The van der Waals surface area contributed by atoms with Crippen LogP contribution < -0.4 is 21.5 Å². The van der Waals surface area contributed by atoms with Gasteiger partial charge in [0, 0.05) is 38.2 Å². The second-order valence-corrected chi connectivity index (χ2v) is 8.13. The number of imidazole rings is 1. The van der Waals surface area contributed by atoms with E-state index in [1.165, 1.54) is 28.7 Å². The Morgan fingerprint density at radius 3 is 2.74 bits per heavy atom. The van der Waals surface area contributed by atoms with Crippen molar-refractivity contribution in [1.29, 1.82) is 0 Å². The summed E-state index contributed by atoms with van der Waals surface area (Å²) in [7, 11) is 1.49. The molecule has 1 aliphatic rings. The lowest BCUT2D eigenvalue weighted by Crippen LogP contribution is -2.30. The predicted octanol–water partition coefficient (Wildman–Crippen LogP) is 0.298. The van der Waals surface area contributed by atoms with Gasteiger partial charge in [0.15, 0.2) is 17.0 Å². The zero-order valence-corrected chi connectivity index (χ0v) is 18.6. The average molecular weight is 462 g/mol. The number of anilines is 2. The summed E-state index contributed by atoms with van der Waals surface area (Å²) >= 11 is 0. The topological polar surface area (TPSA) is 157 Å². The highest BCUT2D eigenvalue weighted by Gasteiger charge is 2.22. The number of carbonyl (C=O) groups is 1. The lowest BCUT2D eigenvalue weighted by molar-refractivity contribution is -0.116. The van der Waals surface area contributed by atoms with Crippen LogP contribution in [0.25, 0.3) is 22.6 Å². The number of rotatable bonds is 5. The van der Waals surface area contributed by atoms with Crippen LogP contribution >= 0.6 is 0 Å². The van der Waals surface area contributed by atoms with Crippen molar-refractivity contribution in [2.45, 2.75) is 32.4 Å². The van der Waals surface area contributed by atoms with E-state index in [0.29, 0.717) is 23.4 Å². The lowest BCUT2D eigenvalue weighted by atomic mass is 10.2. The van der Waals surface area contributed by atoms with Crippen LogP contribution in [-0.2, 0) is 18.4 Å². The number of hydrogen-bond donors (Lipinski definition) is 2. The van der Waals surface area contributed by atoms with Gasteiger partial charge < -0.3 is 14.8 Å². The van der Waals surface area contributed by atoms with Crippen LogP contribution in [0.1, 0.15) is 19.8 Å². The molecule has 5 heterocycles. The van der Waals surface area contributed by atoms with Gasteiger partial charge >= 0.3 is 5.69 Å². The van der Waals surface area contributed by atoms with E-state index in [9.17, 15) is 14.4 Å². The molecule has 4 aromatic rings. The largest absolute Gasteiger partial charge is 0.338 e. The Balaban J connectivity index is 1.32. The minimum absolute atomic E-state index is 0.130. The molecule has 1 atom stereocenters. The quantitative estimate of drug-likeness (QED) is 0.426. The summed E-state index contributed by atoms with van der Waals surface area (Å²) in [5.74, 6) is 0.918. The number of amides is 1. The number of hydrogen-bond acceptors (Lipinski definition) is 9. The van der Waals surface area contributed by atoms with Gasteiger partial charge in [-0.05, 0) is 25.8 Å². The van der Waals surface area contributed by atoms with Gasteiger partial charge in [0.25, 0.3) is 5.56 Å². The van der Waals surface area contributed by atoms with E-state index in [2.05, 4.69) is 47.0 Å². The summed E-state index contributed by atoms with van der Waals surface area (Å²) in [6, 6.07) is 1.97. The SMILES string of the molecule is CC1CCCN1c1ncc(-c2nccc(NC(=O)Cn3cnc4c3c(=O)[nH]c(=O)n4C)n2)cn1. The van der Waals surface area contributed by atoms with E-state index in [-0.39, 0.29) is 23.5 Å². The molecule has 1 amide bonds. The fourth-order valence-corrected chi connectivity index (χ4v) is 4.03. The van der Waals surface area contributed by atoms with E-state index >= 15 is 0 Å². The number of H-pyrrole nitrogens is 1. The van der Waals surface area contributed by atoms with Gasteiger partial charge in [0.1, 0.15) is 12.4 Å². The van der Waals surface area contributed by atoms with Crippen molar-refractivity contribution in [1.82, 2.24) is 39.0 Å². The first-order valence-electron chi connectivity index (χ1n) is 10.8. The van der Waals surface area contributed by atoms with E-state index in [4.69, 9.17) is 0 Å². The number of nitrogens with zero attached hydrogens (tertiary/aromatic N) is 8. The molecule has 13 nitrogen and oxygen atoms in total. The Morgan fingerprint density at radius 1 is 1.21 bits per heavy atom. The molecule has 174 valence electrons. The minimum atomic E-state index is -0.612. The molecule has 0 bridgehead atoms. The molecule has 0 radical (unpaired) electrons. The monoisotopic (exact) mass is 462 g/mol. The second kappa shape index (κ2) is 8.50. The summed E-state index contributed by atoms with van der Waals surface area (Å²) in [5.41, 5.74) is -0.241. The highest BCUT2D eigenvalue weighted by atomic mass is 16.2. The Kier molecular flexibility index (Phi) is 5.36. The lowest BCUT2D eigenvalue weighted by Gasteiger charge is -2.20. The van der Waals surface area contributed by atoms with Crippen LogP contribution in [0, 0.1) is 0 Å². The van der Waals surface area contributed by atoms with Gasteiger partial charge in [0.2, 0.25) is 11.9 Å². The summed E-state index contributed by atoms with van der Waals surface area (Å²) in [6.07, 6.45) is 8.45. The van der Waals surface area contributed by atoms with Gasteiger partial charge in [-0.1, -0.05) is 0 Å². The van der Waals surface area contributed by atoms with E-state index in [1.54, 1.807) is 18.5 Å². The van der Waals surface area contributed by atoms with Crippen LogP contribution in [-0.4, -0.2) is 57.5 Å². The number of fused-ring (bicyclic) bond motifs is 1. The predicted molar refractivity (Wildman–Crippen MR) is 123 cm³/mol. The van der Waals surface area contributed by atoms with Crippen molar-refractivity contribution >= 4 is 28.8 Å². The molecule has 0 aliphatic carbocycles. The normalized spacial score (nSPS) is 15.7. The van der Waals surface area contributed by atoms with E-state index in [1.807, 2.05) is 0 Å². The fourth-order valence-electron chi connectivity index (χ4n) is 4.03. The van der Waals surface area contributed by atoms with Crippen LogP contribution in [0.15, 0.2) is 40.6 Å². The highest BCUT2D eigenvalue weighted by molar-refractivity contribution is 5.90. The first-order valence-corrected chi connectivity index (χ1v) is 10.8. The van der Waals surface area contributed by atoms with Gasteiger partial charge in [-0.3, -0.25) is 19.1 Å². The first kappa shape index (κ1) is 21.4. The summed E-state index contributed by atoms with van der Waals surface area (Å²) < 4.78 is 2.58. The maximum Gasteiger partial charge on any atom is 0.329 e. The van der Waals surface area contributed by atoms with Crippen molar-refractivity contribution in [3.8, 4) is 11.4 Å². The molecule has 0 spiro atoms. The van der Waals surface area contributed by atoms with Crippen LogP contribution in [0.4, 0.5) is 11.8 Å². The van der Waals surface area contributed by atoms with Gasteiger partial charge in [0.05, 0.1) is 11.9 Å². The van der Waals surface area contributed by atoms with Crippen molar-refractivity contribution in [3.63, 3.8) is 0 Å². The third-order valence-electron chi connectivity index (χ3n) is 5.82. The fraction of sp³-hybridized carbons (Fsp3) is 0.333. The summed E-state index contributed by atoms with van der Waals surface area (Å²) in [4.78, 5) is 62.6. The number of carbonyl (C=O) groups excluding carboxylic acids is 1. The summed E-state index contributed by atoms with van der Waals surface area (Å²) in [6.45, 7) is 2.90. The molecule has 34 heavy (non-hydrogen) atoms. The van der Waals surface area contributed by atoms with Crippen molar-refractivity contribution in [2.24, 2.45) is 7.05 Å². The molecule has 1 unspecified atom stereocenters. The average Bonchev–Trinajstić information content (AvgIpc) is 3.44. The molecular formula is C21H22N10O3. The van der Waals surface area contributed by atoms with Crippen LogP contribution in [0.5, 0.6) is 0 Å². The smallest absolute Gasteiger partial charge is 0.329 e. The molecule has 4 aromatic heterocycles. The molecule has 2 N–H and O–H groups in total. The van der Waals surface area contributed by atoms with Crippen molar-refractivity contribution in [2.75, 3.05) is 16.8 Å². The summed E-state index contributed by atoms with van der Waals surface area (Å²) in [5, 5.41) is 2.69. The minimum Gasteiger partial charge on any atom is -0.338 e. The number of aromatic amines is 1. The Labute approximate surface area is 192 Å². The van der Waals surface area contributed by atoms with E-state index in [0.717, 1.165) is 19.4 Å². The highest BCUT2D eigenvalue weighted by Crippen LogP contribution is 2.23. The maximum atomic E-state index is 12.6. The molecule has 5 rings (SSSR count). The van der Waals surface area contributed by atoms with Gasteiger partial charge in [-0.15, -0.1) is 0 Å². The Hall–Kier alpha value is -4.42. The van der Waals surface area contributed by atoms with Crippen molar-refractivity contribution < 1.29 is 4.79 Å². The van der Waals surface area contributed by atoms with E-state index < -0.39 is 17.2 Å². The Morgan fingerprint density at radius 2 is 2.00 bits per heavy atom. The molecule has 0 aromatic carbocycles. The molecule has 1 aliphatic heterocycles. The van der Waals surface area contributed by atoms with Gasteiger partial charge in [-0.2, -0.15) is 0 Å². The van der Waals surface area contributed by atoms with Gasteiger partial charge in [-0.25, -0.2) is 29.7 Å². The zero-order chi connectivity index (χ0) is 23.8.